The maximum Gasteiger partial charge on any atom is 0.262 e. The molecule has 10 heteroatoms. The third kappa shape index (κ3) is 3.29. The number of imidazole rings is 1. The number of rotatable bonds is 6. The first-order valence-electron chi connectivity index (χ1n) is 11.8. The van der Waals surface area contributed by atoms with E-state index in [-0.39, 0.29) is 40.7 Å². The molecule has 0 unspecified atom stereocenters. The lowest BCUT2D eigenvalue weighted by atomic mass is 9.68. The molecule has 3 aromatic rings. The molecule has 7 nitrogen and oxygen atoms in total. The van der Waals surface area contributed by atoms with Gasteiger partial charge in [0.15, 0.2) is 5.03 Å². The minimum absolute atomic E-state index is 0.0257. The number of hydrogen-bond acceptors (Lipinski definition) is 5. The number of aromatic nitrogens is 4. The second-order valence-electron chi connectivity index (χ2n) is 10.2. The molecule has 2 aliphatic carbocycles. The van der Waals surface area contributed by atoms with E-state index in [1.807, 2.05) is 6.92 Å². The number of fused-ring (bicyclic) bond motifs is 5. The highest BCUT2D eigenvalue weighted by atomic mass is 32.2. The highest BCUT2D eigenvalue weighted by Gasteiger charge is 2.64. The van der Waals surface area contributed by atoms with Gasteiger partial charge in [-0.1, -0.05) is 26.8 Å². The van der Waals surface area contributed by atoms with Crippen molar-refractivity contribution in [1.82, 2.24) is 24.1 Å². The van der Waals surface area contributed by atoms with Crippen molar-refractivity contribution in [2.24, 2.45) is 12.5 Å². The van der Waals surface area contributed by atoms with Crippen molar-refractivity contribution >= 4 is 10.0 Å². The van der Waals surface area contributed by atoms with Crippen LogP contribution < -0.4 is 0 Å². The molecular formula is C25H29F2N5O2S. The number of hydrogen-bond donors (Lipinski definition) is 0. The summed E-state index contributed by atoms with van der Waals surface area (Å²) in [6.07, 6.45) is 3.13. The van der Waals surface area contributed by atoms with Gasteiger partial charge in [0.1, 0.15) is 17.5 Å². The van der Waals surface area contributed by atoms with E-state index < -0.39 is 27.1 Å². The fourth-order valence-corrected chi connectivity index (χ4v) is 7.63. The number of sulfonamides is 1. The largest absolute Gasteiger partial charge is 0.337 e. The molecule has 0 amide bonds. The SMILES string of the molecule is CCN(C[C@@]12CC[C@@H](c3cc(-c4c(F)cccc4F)nnc31)C2(C)C)S(=O)(=O)c1cn(C)c(C)n1. The molecule has 2 aromatic heterocycles. The van der Waals surface area contributed by atoms with E-state index in [1.165, 1.54) is 28.7 Å². The summed E-state index contributed by atoms with van der Waals surface area (Å²) in [5.74, 6) is -0.681. The maximum absolute atomic E-state index is 14.5. The van der Waals surface area contributed by atoms with Gasteiger partial charge in [0.2, 0.25) is 0 Å². The highest BCUT2D eigenvalue weighted by molar-refractivity contribution is 7.89. The van der Waals surface area contributed by atoms with Crippen molar-refractivity contribution in [3.63, 3.8) is 0 Å². The molecule has 2 heterocycles. The van der Waals surface area contributed by atoms with Crippen LogP contribution >= 0.6 is 0 Å². The van der Waals surface area contributed by atoms with Crippen LogP contribution in [0.2, 0.25) is 0 Å². The molecule has 1 fully saturated rings. The van der Waals surface area contributed by atoms with Crippen molar-refractivity contribution in [3.8, 4) is 11.3 Å². The maximum atomic E-state index is 14.5. The topological polar surface area (TPSA) is 81.0 Å². The average Bonchev–Trinajstić information content (AvgIpc) is 3.34. The molecule has 0 N–H and O–H groups in total. The van der Waals surface area contributed by atoms with Gasteiger partial charge < -0.3 is 4.57 Å². The van der Waals surface area contributed by atoms with Gasteiger partial charge in [-0.15, -0.1) is 0 Å². The third-order valence-corrected chi connectivity index (χ3v) is 10.1. The van der Waals surface area contributed by atoms with E-state index in [0.717, 1.165) is 24.1 Å². The Bertz CT molecular complexity index is 1400. The summed E-state index contributed by atoms with van der Waals surface area (Å²) in [5, 5.41) is 8.76. The van der Waals surface area contributed by atoms with Gasteiger partial charge in [0.25, 0.3) is 10.0 Å². The molecule has 186 valence electrons. The lowest BCUT2D eigenvalue weighted by Crippen LogP contribution is -2.48. The van der Waals surface area contributed by atoms with Gasteiger partial charge in [-0.05, 0) is 54.9 Å². The molecule has 0 aliphatic heterocycles. The lowest BCUT2D eigenvalue weighted by molar-refractivity contribution is 0.169. The Morgan fingerprint density at radius 3 is 2.49 bits per heavy atom. The number of likely N-dealkylation sites (N-methyl/N-ethyl adjacent to an activating group) is 1. The summed E-state index contributed by atoms with van der Waals surface area (Å²) in [7, 11) is -2.07. The van der Waals surface area contributed by atoms with Crippen LogP contribution in [0.25, 0.3) is 11.3 Å². The van der Waals surface area contributed by atoms with Crippen LogP contribution in [0.5, 0.6) is 0 Å². The summed E-state index contributed by atoms with van der Waals surface area (Å²) in [6.45, 7) is 8.34. The third-order valence-electron chi connectivity index (χ3n) is 8.33. The van der Waals surface area contributed by atoms with Crippen LogP contribution in [-0.2, 0) is 22.5 Å². The van der Waals surface area contributed by atoms with E-state index in [4.69, 9.17) is 0 Å². The number of aryl methyl sites for hydroxylation is 2. The minimum atomic E-state index is -3.83. The monoisotopic (exact) mass is 501 g/mol. The van der Waals surface area contributed by atoms with Crippen molar-refractivity contribution in [2.45, 2.75) is 56.9 Å². The number of nitrogens with zero attached hydrogens (tertiary/aromatic N) is 5. The van der Waals surface area contributed by atoms with Crippen molar-refractivity contribution in [2.75, 3.05) is 13.1 Å². The van der Waals surface area contributed by atoms with E-state index in [1.54, 1.807) is 24.6 Å². The second-order valence-corrected chi connectivity index (χ2v) is 12.1. The zero-order valence-corrected chi connectivity index (χ0v) is 21.3. The van der Waals surface area contributed by atoms with Gasteiger partial charge in [-0.25, -0.2) is 22.2 Å². The standard InChI is InChI=1S/C25H29F2N5O2S/c1-6-32(35(33,34)21-13-31(5)15(2)28-21)14-25-11-10-17(24(25,3)4)16-12-20(29-30-23(16)25)22-18(26)8-7-9-19(22)27/h7-9,12-13,17H,6,10-11,14H2,1-5H3/t17-,25-/m0/s1. The summed E-state index contributed by atoms with van der Waals surface area (Å²) in [4.78, 5) is 4.26. The average molecular weight is 502 g/mol. The molecule has 2 aliphatic rings. The van der Waals surface area contributed by atoms with Crippen LogP contribution in [0.1, 0.15) is 56.6 Å². The Hall–Kier alpha value is -2.72. The zero-order chi connectivity index (χ0) is 25.3. The van der Waals surface area contributed by atoms with Crippen LogP contribution in [-0.4, -0.2) is 45.6 Å². The Kier molecular flexibility index (Phi) is 5.41. The van der Waals surface area contributed by atoms with Gasteiger partial charge in [-0.2, -0.15) is 14.5 Å². The number of benzene rings is 1. The summed E-state index contributed by atoms with van der Waals surface area (Å²) in [5.41, 5.74) is 0.696. The van der Waals surface area contributed by atoms with Gasteiger partial charge in [-0.3, -0.25) is 0 Å². The Morgan fingerprint density at radius 2 is 1.89 bits per heavy atom. The van der Waals surface area contributed by atoms with Gasteiger partial charge in [0.05, 0.1) is 17.0 Å². The van der Waals surface area contributed by atoms with Crippen LogP contribution in [0.4, 0.5) is 8.78 Å². The normalized spacial score (nSPS) is 22.7. The van der Waals surface area contributed by atoms with Gasteiger partial charge in [0, 0.05) is 31.7 Å². The van der Waals surface area contributed by atoms with E-state index >= 15 is 0 Å². The predicted octanol–water partition coefficient (Wildman–Crippen LogP) is 4.33. The molecule has 1 aromatic carbocycles. The first-order chi connectivity index (χ1) is 16.4. The summed E-state index contributed by atoms with van der Waals surface area (Å²) in [6, 6.07) is 5.46. The zero-order valence-electron chi connectivity index (χ0n) is 20.5. The molecule has 2 bridgehead atoms. The smallest absolute Gasteiger partial charge is 0.262 e. The molecule has 0 spiro atoms. The van der Waals surface area contributed by atoms with Crippen molar-refractivity contribution in [3.05, 3.63) is 59.2 Å². The Morgan fingerprint density at radius 1 is 1.20 bits per heavy atom. The summed E-state index contributed by atoms with van der Waals surface area (Å²) < 4.78 is 59.2. The van der Waals surface area contributed by atoms with Crippen molar-refractivity contribution < 1.29 is 17.2 Å². The van der Waals surface area contributed by atoms with E-state index in [9.17, 15) is 17.2 Å². The quantitative estimate of drug-likeness (QED) is 0.502. The molecule has 1 saturated carbocycles. The fourth-order valence-electron chi connectivity index (χ4n) is 6.09. The van der Waals surface area contributed by atoms with Crippen LogP contribution in [0, 0.1) is 24.0 Å². The molecule has 0 radical (unpaired) electrons. The van der Waals surface area contributed by atoms with Gasteiger partial charge >= 0.3 is 0 Å². The first-order valence-corrected chi connectivity index (χ1v) is 13.2. The molecular weight excluding hydrogens is 472 g/mol. The summed E-state index contributed by atoms with van der Waals surface area (Å²) >= 11 is 0. The molecule has 0 saturated heterocycles. The lowest BCUT2D eigenvalue weighted by Gasteiger charge is -2.40. The van der Waals surface area contributed by atoms with Crippen LogP contribution in [0.3, 0.4) is 0 Å². The second kappa shape index (κ2) is 7.89. The fraction of sp³-hybridized carbons (Fsp3) is 0.480. The van der Waals surface area contributed by atoms with E-state index in [2.05, 4.69) is 29.0 Å². The Balaban J connectivity index is 1.59. The van der Waals surface area contributed by atoms with E-state index in [0.29, 0.717) is 5.82 Å². The van der Waals surface area contributed by atoms with Crippen molar-refractivity contribution in [1.29, 1.82) is 0 Å². The minimum Gasteiger partial charge on any atom is -0.337 e. The molecule has 5 rings (SSSR count). The highest BCUT2D eigenvalue weighted by Crippen LogP contribution is 2.67. The molecule has 2 atom stereocenters. The first kappa shape index (κ1) is 24.0. The predicted molar refractivity (Wildman–Crippen MR) is 127 cm³/mol. The Labute approximate surface area is 204 Å². The molecule has 35 heavy (non-hydrogen) atoms. The van der Waals surface area contributed by atoms with Crippen LogP contribution in [0.15, 0.2) is 35.5 Å². The number of halogens is 2.